The highest BCUT2D eigenvalue weighted by atomic mass is 16.3. The van der Waals surface area contributed by atoms with Crippen LogP contribution >= 0.6 is 0 Å². The zero-order chi connectivity index (χ0) is 20.5. The number of carbonyl (C=O) groups excluding carboxylic acids is 2. The number of urea groups is 1. The predicted octanol–water partition coefficient (Wildman–Crippen LogP) is 2.96. The van der Waals surface area contributed by atoms with Gasteiger partial charge >= 0.3 is 6.03 Å². The number of nitrogens with zero attached hydrogens (tertiary/aromatic N) is 1. The highest BCUT2D eigenvalue weighted by Gasteiger charge is 2.08. The molecule has 2 rings (SSSR count). The second-order valence-electron chi connectivity index (χ2n) is 6.97. The number of benzene rings is 2. The minimum Gasteiger partial charge on any atom is -0.508 e. The van der Waals surface area contributed by atoms with Gasteiger partial charge in [-0.2, -0.15) is 0 Å². The molecule has 7 nitrogen and oxygen atoms in total. The number of phenols is 1. The number of hydrogen-bond acceptors (Lipinski definition) is 4. The van der Waals surface area contributed by atoms with Crippen molar-refractivity contribution < 1.29 is 14.7 Å². The van der Waals surface area contributed by atoms with Crippen LogP contribution in [0.25, 0.3) is 0 Å². The summed E-state index contributed by atoms with van der Waals surface area (Å²) in [6, 6.07) is 12.2. The summed E-state index contributed by atoms with van der Waals surface area (Å²) in [5.41, 5.74) is 3.32. The van der Waals surface area contributed by atoms with Crippen molar-refractivity contribution in [2.75, 3.05) is 37.8 Å². The molecule has 0 bridgehead atoms. The van der Waals surface area contributed by atoms with E-state index in [0.29, 0.717) is 24.5 Å². The summed E-state index contributed by atoms with van der Waals surface area (Å²) in [5.74, 6) is 0.139. The minimum atomic E-state index is -0.292. The Kier molecular flexibility index (Phi) is 7.83. The van der Waals surface area contributed by atoms with Gasteiger partial charge in [0.2, 0.25) is 5.91 Å². The lowest BCUT2D eigenvalue weighted by molar-refractivity contribution is -0.116. The van der Waals surface area contributed by atoms with Crippen LogP contribution in [-0.4, -0.2) is 49.1 Å². The molecule has 4 N–H and O–H groups in total. The Morgan fingerprint density at radius 1 is 1.04 bits per heavy atom. The average molecular weight is 384 g/mol. The van der Waals surface area contributed by atoms with E-state index in [1.54, 1.807) is 29.2 Å². The lowest BCUT2D eigenvalue weighted by Gasteiger charge is -2.14. The van der Waals surface area contributed by atoms with Gasteiger partial charge in [0.05, 0.1) is 6.54 Å². The fraction of sp³-hybridized carbons (Fsp3) is 0.333. The molecule has 0 radical (unpaired) electrons. The summed E-state index contributed by atoms with van der Waals surface area (Å²) >= 11 is 0. The summed E-state index contributed by atoms with van der Waals surface area (Å²) < 4.78 is 0. The average Bonchev–Trinajstić information content (AvgIpc) is 2.62. The van der Waals surface area contributed by atoms with Gasteiger partial charge in [0.1, 0.15) is 5.75 Å². The molecule has 0 unspecified atom stereocenters. The number of rotatable bonds is 8. The van der Waals surface area contributed by atoms with Crippen molar-refractivity contribution in [3.63, 3.8) is 0 Å². The van der Waals surface area contributed by atoms with E-state index in [9.17, 15) is 14.7 Å². The molecule has 0 spiro atoms. The maximum absolute atomic E-state index is 12.1. The van der Waals surface area contributed by atoms with Gasteiger partial charge in [0.25, 0.3) is 0 Å². The van der Waals surface area contributed by atoms with Crippen molar-refractivity contribution in [2.45, 2.75) is 19.8 Å². The Morgan fingerprint density at radius 2 is 1.75 bits per heavy atom. The largest absolute Gasteiger partial charge is 0.508 e. The van der Waals surface area contributed by atoms with Crippen LogP contribution in [0.5, 0.6) is 5.75 Å². The van der Waals surface area contributed by atoms with Gasteiger partial charge in [-0.3, -0.25) is 4.79 Å². The first-order chi connectivity index (χ1) is 13.3. The fourth-order valence-electron chi connectivity index (χ4n) is 2.64. The van der Waals surface area contributed by atoms with E-state index in [4.69, 9.17) is 0 Å². The Bertz CT molecular complexity index is 804. The molecule has 0 saturated carbocycles. The van der Waals surface area contributed by atoms with Crippen LogP contribution in [0.3, 0.4) is 0 Å². The quantitative estimate of drug-likeness (QED) is 0.527. The third-order valence-corrected chi connectivity index (χ3v) is 4.09. The topological polar surface area (TPSA) is 93.7 Å². The molecule has 2 aromatic rings. The van der Waals surface area contributed by atoms with Crippen molar-refractivity contribution in [3.8, 4) is 5.75 Å². The van der Waals surface area contributed by atoms with Crippen LogP contribution in [0, 0.1) is 6.92 Å². The molecule has 0 aliphatic heterocycles. The monoisotopic (exact) mass is 384 g/mol. The Labute approximate surface area is 165 Å². The summed E-state index contributed by atoms with van der Waals surface area (Å²) in [5, 5.41) is 17.7. The van der Waals surface area contributed by atoms with Crippen molar-refractivity contribution >= 4 is 23.3 Å². The smallest absolute Gasteiger partial charge is 0.319 e. The molecule has 2 aromatic carbocycles. The molecule has 7 heteroatoms. The number of amides is 3. The second-order valence-corrected chi connectivity index (χ2v) is 6.97. The third kappa shape index (κ3) is 7.28. The molecule has 0 heterocycles. The van der Waals surface area contributed by atoms with Gasteiger partial charge in [0.15, 0.2) is 0 Å². The second kappa shape index (κ2) is 10.3. The number of aryl methyl sites for hydroxylation is 2. The molecule has 0 atom stereocenters. The molecular weight excluding hydrogens is 356 g/mol. The van der Waals surface area contributed by atoms with Crippen LogP contribution in [0.2, 0.25) is 0 Å². The van der Waals surface area contributed by atoms with Crippen LogP contribution in [0.15, 0.2) is 42.5 Å². The van der Waals surface area contributed by atoms with Gasteiger partial charge < -0.3 is 26.0 Å². The van der Waals surface area contributed by atoms with E-state index >= 15 is 0 Å². The zero-order valence-electron chi connectivity index (χ0n) is 16.6. The van der Waals surface area contributed by atoms with Crippen LogP contribution in [0.4, 0.5) is 16.2 Å². The molecule has 28 heavy (non-hydrogen) atoms. The predicted molar refractivity (Wildman–Crippen MR) is 112 cm³/mol. The highest BCUT2D eigenvalue weighted by molar-refractivity contribution is 5.95. The Balaban J connectivity index is 1.80. The molecule has 0 fully saturated rings. The molecular formula is C21H28N4O3. The van der Waals surface area contributed by atoms with Crippen molar-refractivity contribution in [3.05, 3.63) is 53.6 Å². The molecule has 0 saturated heterocycles. The first kappa shape index (κ1) is 21.2. The Morgan fingerprint density at radius 3 is 2.43 bits per heavy atom. The summed E-state index contributed by atoms with van der Waals surface area (Å²) in [4.78, 5) is 25.8. The minimum absolute atomic E-state index is 0.107. The maximum atomic E-state index is 12.1. The van der Waals surface area contributed by atoms with Crippen LogP contribution in [0.1, 0.15) is 17.5 Å². The number of hydrogen-bond donors (Lipinski definition) is 4. The molecule has 0 aliphatic rings. The SMILES string of the molecule is Cc1ccc(NC(=O)NCCCc2ccc(O)cc2)cc1NC(=O)CN(C)C. The van der Waals surface area contributed by atoms with Gasteiger partial charge in [-0.05, 0) is 69.3 Å². The molecule has 0 aromatic heterocycles. The summed E-state index contributed by atoms with van der Waals surface area (Å²) in [7, 11) is 3.66. The van der Waals surface area contributed by atoms with Gasteiger partial charge in [-0.25, -0.2) is 4.79 Å². The standard InChI is InChI=1S/C21H28N4O3/c1-15-6-9-17(13-19(15)24-20(27)14-25(2)3)23-21(28)22-12-4-5-16-7-10-18(26)11-8-16/h6-11,13,26H,4-5,12,14H2,1-3H3,(H,24,27)(H2,22,23,28). The third-order valence-electron chi connectivity index (χ3n) is 4.09. The van der Waals surface area contributed by atoms with Gasteiger partial charge in [-0.1, -0.05) is 18.2 Å². The van der Waals surface area contributed by atoms with Gasteiger partial charge in [0, 0.05) is 17.9 Å². The highest BCUT2D eigenvalue weighted by Crippen LogP contribution is 2.20. The number of nitrogens with one attached hydrogen (secondary N) is 3. The van der Waals surface area contributed by atoms with E-state index < -0.39 is 0 Å². The molecule has 3 amide bonds. The normalized spacial score (nSPS) is 10.6. The maximum Gasteiger partial charge on any atom is 0.319 e. The number of likely N-dealkylation sites (N-methyl/N-ethyl adjacent to an activating group) is 1. The number of anilines is 2. The van der Waals surface area contributed by atoms with E-state index in [2.05, 4.69) is 16.0 Å². The van der Waals surface area contributed by atoms with E-state index in [-0.39, 0.29) is 17.7 Å². The molecule has 150 valence electrons. The number of carbonyl (C=O) groups is 2. The van der Waals surface area contributed by atoms with Crippen LogP contribution < -0.4 is 16.0 Å². The number of aromatic hydroxyl groups is 1. The first-order valence-corrected chi connectivity index (χ1v) is 9.21. The van der Waals surface area contributed by atoms with Crippen molar-refractivity contribution in [1.29, 1.82) is 0 Å². The first-order valence-electron chi connectivity index (χ1n) is 9.21. The molecule has 0 aliphatic carbocycles. The Hall–Kier alpha value is -3.06. The summed E-state index contributed by atoms with van der Waals surface area (Å²) in [6.07, 6.45) is 1.60. The lowest BCUT2D eigenvalue weighted by Crippen LogP contribution is -2.30. The van der Waals surface area contributed by atoms with Crippen LogP contribution in [-0.2, 0) is 11.2 Å². The van der Waals surface area contributed by atoms with Crippen molar-refractivity contribution in [1.82, 2.24) is 10.2 Å². The summed E-state index contributed by atoms with van der Waals surface area (Å²) in [6.45, 7) is 2.72. The lowest BCUT2D eigenvalue weighted by atomic mass is 10.1. The zero-order valence-corrected chi connectivity index (χ0v) is 16.6. The number of phenolic OH excluding ortho intramolecular Hbond substituents is 1. The fourth-order valence-corrected chi connectivity index (χ4v) is 2.64. The van der Waals surface area contributed by atoms with Crippen molar-refractivity contribution in [2.24, 2.45) is 0 Å². The van der Waals surface area contributed by atoms with E-state index in [1.165, 1.54) is 0 Å². The van der Waals surface area contributed by atoms with E-state index in [0.717, 1.165) is 24.0 Å². The van der Waals surface area contributed by atoms with E-state index in [1.807, 2.05) is 39.2 Å². The van der Waals surface area contributed by atoms with Gasteiger partial charge in [-0.15, -0.1) is 0 Å².